The first kappa shape index (κ1) is 11.0. The Bertz CT molecular complexity index is 294. The van der Waals surface area contributed by atoms with Gasteiger partial charge in [0.1, 0.15) is 12.1 Å². The third-order valence-electron chi connectivity index (χ3n) is 2.51. The molecule has 0 fully saturated rings. The van der Waals surface area contributed by atoms with Crippen molar-refractivity contribution in [2.45, 2.75) is 34.1 Å². The van der Waals surface area contributed by atoms with Gasteiger partial charge in [-0.25, -0.2) is 9.97 Å². The van der Waals surface area contributed by atoms with Gasteiger partial charge in [0, 0.05) is 18.3 Å². The minimum absolute atomic E-state index is 0.318. The van der Waals surface area contributed by atoms with E-state index in [1.54, 1.807) is 6.33 Å². The van der Waals surface area contributed by atoms with Gasteiger partial charge in [-0.3, -0.25) is 0 Å². The Morgan fingerprint density at radius 1 is 1.36 bits per heavy atom. The summed E-state index contributed by atoms with van der Waals surface area (Å²) in [7, 11) is 0. The molecule has 0 radical (unpaired) electrons. The van der Waals surface area contributed by atoms with E-state index < -0.39 is 0 Å². The number of anilines is 1. The summed E-state index contributed by atoms with van der Waals surface area (Å²) in [6, 6.07) is 1.96. The molecule has 1 aromatic rings. The Labute approximate surface area is 86.0 Å². The van der Waals surface area contributed by atoms with E-state index in [9.17, 15) is 0 Å². The van der Waals surface area contributed by atoms with Crippen LogP contribution >= 0.6 is 0 Å². The van der Waals surface area contributed by atoms with Gasteiger partial charge in [0.15, 0.2) is 0 Å². The molecule has 1 rings (SSSR count). The van der Waals surface area contributed by atoms with Gasteiger partial charge in [0.25, 0.3) is 0 Å². The standard InChI is InChI=1S/C11H19N3/c1-5-11(3,4)7-12-10-6-9(2)13-8-14-10/h6,8H,5,7H2,1-4H3,(H,12,13,14). The fourth-order valence-electron chi connectivity index (χ4n) is 1.01. The number of nitrogens with one attached hydrogen (secondary N) is 1. The molecule has 0 aliphatic heterocycles. The molecular weight excluding hydrogens is 174 g/mol. The maximum absolute atomic E-state index is 4.15. The predicted octanol–water partition coefficient (Wildman–Crippen LogP) is 2.63. The zero-order valence-corrected chi connectivity index (χ0v) is 9.46. The van der Waals surface area contributed by atoms with E-state index in [1.807, 2.05) is 13.0 Å². The van der Waals surface area contributed by atoms with Gasteiger partial charge in [-0.1, -0.05) is 20.8 Å². The molecule has 3 heteroatoms. The fraction of sp³-hybridized carbons (Fsp3) is 0.636. The first-order valence-electron chi connectivity index (χ1n) is 5.06. The van der Waals surface area contributed by atoms with Crippen LogP contribution in [0.25, 0.3) is 0 Å². The first-order chi connectivity index (χ1) is 6.53. The van der Waals surface area contributed by atoms with E-state index in [1.165, 1.54) is 0 Å². The highest BCUT2D eigenvalue weighted by molar-refractivity contribution is 5.34. The van der Waals surface area contributed by atoms with Crippen LogP contribution in [0.1, 0.15) is 32.9 Å². The monoisotopic (exact) mass is 193 g/mol. The van der Waals surface area contributed by atoms with Crippen molar-refractivity contribution in [2.24, 2.45) is 5.41 Å². The largest absolute Gasteiger partial charge is 0.369 e. The van der Waals surface area contributed by atoms with Crippen LogP contribution in [-0.2, 0) is 0 Å². The van der Waals surface area contributed by atoms with Gasteiger partial charge in [0.05, 0.1) is 0 Å². The van der Waals surface area contributed by atoms with Gasteiger partial charge in [-0.05, 0) is 18.8 Å². The molecule has 1 N–H and O–H groups in total. The van der Waals surface area contributed by atoms with Crippen LogP contribution < -0.4 is 5.32 Å². The van der Waals surface area contributed by atoms with Crippen molar-refractivity contribution in [2.75, 3.05) is 11.9 Å². The van der Waals surface area contributed by atoms with Crippen molar-refractivity contribution in [3.05, 3.63) is 18.1 Å². The molecule has 0 saturated heterocycles. The predicted molar refractivity (Wildman–Crippen MR) is 59.3 cm³/mol. The van der Waals surface area contributed by atoms with Crippen molar-refractivity contribution in [3.8, 4) is 0 Å². The number of nitrogens with zero attached hydrogens (tertiary/aromatic N) is 2. The van der Waals surface area contributed by atoms with Crippen LogP contribution in [0.5, 0.6) is 0 Å². The van der Waals surface area contributed by atoms with Crippen LogP contribution in [0.4, 0.5) is 5.82 Å². The lowest BCUT2D eigenvalue weighted by Gasteiger charge is -2.23. The maximum Gasteiger partial charge on any atom is 0.129 e. The minimum Gasteiger partial charge on any atom is -0.369 e. The highest BCUT2D eigenvalue weighted by Crippen LogP contribution is 2.19. The van der Waals surface area contributed by atoms with Crippen molar-refractivity contribution in [1.29, 1.82) is 0 Å². The molecule has 0 spiro atoms. The molecule has 0 atom stereocenters. The summed E-state index contributed by atoms with van der Waals surface area (Å²) in [6.45, 7) is 9.60. The SMILES string of the molecule is CCC(C)(C)CNc1cc(C)ncn1. The van der Waals surface area contributed by atoms with Crippen molar-refractivity contribution < 1.29 is 0 Å². The summed E-state index contributed by atoms with van der Waals surface area (Å²) in [4.78, 5) is 8.21. The summed E-state index contributed by atoms with van der Waals surface area (Å²) in [6.07, 6.45) is 2.75. The number of hydrogen-bond donors (Lipinski definition) is 1. The second-order valence-corrected chi connectivity index (χ2v) is 4.42. The van der Waals surface area contributed by atoms with Gasteiger partial charge in [-0.2, -0.15) is 0 Å². The Kier molecular flexibility index (Phi) is 3.44. The van der Waals surface area contributed by atoms with Crippen LogP contribution in [0.3, 0.4) is 0 Å². The smallest absolute Gasteiger partial charge is 0.129 e. The van der Waals surface area contributed by atoms with Crippen molar-refractivity contribution in [1.82, 2.24) is 9.97 Å². The Hall–Kier alpha value is -1.12. The lowest BCUT2D eigenvalue weighted by Crippen LogP contribution is -2.22. The third-order valence-corrected chi connectivity index (χ3v) is 2.51. The molecule has 14 heavy (non-hydrogen) atoms. The Morgan fingerprint density at radius 3 is 2.64 bits per heavy atom. The molecule has 3 nitrogen and oxygen atoms in total. The maximum atomic E-state index is 4.15. The molecule has 1 heterocycles. The highest BCUT2D eigenvalue weighted by atomic mass is 15.0. The molecule has 0 amide bonds. The van der Waals surface area contributed by atoms with Gasteiger partial charge < -0.3 is 5.32 Å². The summed E-state index contributed by atoms with van der Waals surface area (Å²) >= 11 is 0. The van der Waals surface area contributed by atoms with E-state index in [0.29, 0.717) is 5.41 Å². The third kappa shape index (κ3) is 3.32. The second kappa shape index (κ2) is 4.40. The topological polar surface area (TPSA) is 37.8 Å². The van der Waals surface area contributed by atoms with E-state index in [4.69, 9.17) is 0 Å². The van der Waals surface area contributed by atoms with E-state index in [-0.39, 0.29) is 0 Å². The Balaban J connectivity index is 2.54. The molecule has 0 aliphatic carbocycles. The molecule has 78 valence electrons. The lowest BCUT2D eigenvalue weighted by atomic mass is 9.90. The summed E-state index contributed by atoms with van der Waals surface area (Å²) < 4.78 is 0. The normalized spacial score (nSPS) is 11.4. The molecule has 0 aromatic carbocycles. The molecule has 0 bridgehead atoms. The summed E-state index contributed by atoms with van der Waals surface area (Å²) in [5, 5.41) is 3.33. The van der Waals surface area contributed by atoms with Crippen LogP contribution in [0.15, 0.2) is 12.4 Å². The van der Waals surface area contributed by atoms with E-state index in [0.717, 1.165) is 24.5 Å². The fourth-order valence-corrected chi connectivity index (χ4v) is 1.01. The van der Waals surface area contributed by atoms with Crippen LogP contribution in [0.2, 0.25) is 0 Å². The van der Waals surface area contributed by atoms with Gasteiger partial charge in [-0.15, -0.1) is 0 Å². The number of rotatable bonds is 4. The molecule has 0 saturated carbocycles. The lowest BCUT2D eigenvalue weighted by molar-refractivity contribution is 0.376. The Morgan fingerprint density at radius 2 is 2.07 bits per heavy atom. The number of aryl methyl sites for hydroxylation is 1. The van der Waals surface area contributed by atoms with Crippen molar-refractivity contribution >= 4 is 5.82 Å². The second-order valence-electron chi connectivity index (χ2n) is 4.42. The van der Waals surface area contributed by atoms with E-state index in [2.05, 4.69) is 36.1 Å². The number of hydrogen-bond acceptors (Lipinski definition) is 3. The summed E-state index contributed by atoms with van der Waals surface area (Å²) in [5.41, 5.74) is 1.32. The molecule has 0 unspecified atom stereocenters. The zero-order valence-electron chi connectivity index (χ0n) is 9.46. The van der Waals surface area contributed by atoms with Crippen molar-refractivity contribution in [3.63, 3.8) is 0 Å². The average molecular weight is 193 g/mol. The average Bonchev–Trinajstić information content (AvgIpc) is 2.15. The van der Waals surface area contributed by atoms with Gasteiger partial charge in [0.2, 0.25) is 0 Å². The zero-order chi connectivity index (χ0) is 10.6. The molecule has 1 aromatic heterocycles. The first-order valence-corrected chi connectivity index (χ1v) is 5.06. The quantitative estimate of drug-likeness (QED) is 0.798. The minimum atomic E-state index is 0.318. The molecular formula is C11H19N3. The van der Waals surface area contributed by atoms with Gasteiger partial charge >= 0.3 is 0 Å². The van der Waals surface area contributed by atoms with Crippen LogP contribution in [-0.4, -0.2) is 16.5 Å². The highest BCUT2D eigenvalue weighted by Gasteiger charge is 2.14. The van der Waals surface area contributed by atoms with Crippen LogP contribution in [0, 0.1) is 12.3 Å². The number of aromatic nitrogens is 2. The molecule has 0 aliphatic rings. The summed E-state index contributed by atoms with van der Waals surface area (Å²) in [5.74, 6) is 0.916. The van der Waals surface area contributed by atoms with E-state index >= 15 is 0 Å².